The first kappa shape index (κ1) is 17.9. The van der Waals surface area contributed by atoms with Crippen molar-refractivity contribution in [3.05, 3.63) is 47.7 Å². The number of carbonyl (C=O) groups excluding carboxylic acids is 1. The lowest BCUT2D eigenvalue weighted by molar-refractivity contribution is -0.128. The molecule has 0 bridgehead atoms. The van der Waals surface area contributed by atoms with Crippen LogP contribution in [0.15, 0.2) is 46.3 Å². The fourth-order valence-corrected chi connectivity index (χ4v) is 2.90. The van der Waals surface area contributed by atoms with Crippen LogP contribution in [0.25, 0.3) is 10.7 Å². The maximum absolute atomic E-state index is 12.4. The maximum Gasteiger partial charge on any atom is 0.261 e. The lowest BCUT2D eigenvalue weighted by Gasteiger charge is -2.16. The van der Waals surface area contributed by atoms with Crippen molar-refractivity contribution in [2.45, 2.75) is 26.0 Å². The molecule has 0 saturated carbocycles. The van der Waals surface area contributed by atoms with E-state index in [1.54, 1.807) is 31.4 Å². The number of aromatic nitrogens is 2. The van der Waals surface area contributed by atoms with Gasteiger partial charge in [0.2, 0.25) is 11.7 Å². The van der Waals surface area contributed by atoms with E-state index in [1.165, 1.54) is 11.3 Å². The molecule has 0 unspecified atom stereocenters. The Morgan fingerprint density at radius 1 is 1.27 bits per heavy atom. The van der Waals surface area contributed by atoms with Gasteiger partial charge in [-0.3, -0.25) is 4.79 Å². The zero-order valence-electron chi connectivity index (χ0n) is 14.5. The van der Waals surface area contributed by atoms with Gasteiger partial charge in [-0.05, 0) is 42.1 Å². The number of benzene rings is 1. The summed E-state index contributed by atoms with van der Waals surface area (Å²) in [5.74, 6) is 1.96. The smallest absolute Gasteiger partial charge is 0.261 e. The SMILES string of the molecule is CC[C@H](Oc1ccc(OC)cc1)C(=O)NCc1nc(-c2cccs2)no1. The molecule has 0 fully saturated rings. The average molecular weight is 373 g/mol. The zero-order chi connectivity index (χ0) is 18.4. The van der Waals surface area contributed by atoms with Gasteiger partial charge < -0.3 is 19.3 Å². The van der Waals surface area contributed by atoms with Crippen LogP contribution in [-0.2, 0) is 11.3 Å². The number of hydrogen-bond donors (Lipinski definition) is 1. The van der Waals surface area contributed by atoms with Gasteiger partial charge in [0.1, 0.15) is 11.5 Å². The van der Waals surface area contributed by atoms with E-state index in [0.29, 0.717) is 23.9 Å². The number of ether oxygens (including phenoxy) is 2. The Labute approximate surface area is 154 Å². The first-order chi connectivity index (χ1) is 12.7. The average Bonchev–Trinajstić information content (AvgIpc) is 3.36. The first-order valence-electron chi connectivity index (χ1n) is 8.14. The van der Waals surface area contributed by atoms with Crippen molar-refractivity contribution in [2.24, 2.45) is 0 Å². The topological polar surface area (TPSA) is 86.5 Å². The molecule has 2 aromatic heterocycles. The lowest BCUT2D eigenvalue weighted by Crippen LogP contribution is -2.37. The lowest BCUT2D eigenvalue weighted by atomic mass is 10.2. The van der Waals surface area contributed by atoms with Crippen LogP contribution in [-0.4, -0.2) is 29.3 Å². The number of thiophene rings is 1. The van der Waals surface area contributed by atoms with Crippen molar-refractivity contribution in [3.8, 4) is 22.2 Å². The summed E-state index contributed by atoms with van der Waals surface area (Å²) in [6.45, 7) is 2.04. The van der Waals surface area contributed by atoms with E-state index in [2.05, 4.69) is 15.5 Å². The second-order valence-electron chi connectivity index (χ2n) is 5.40. The molecule has 1 aromatic carbocycles. The second-order valence-corrected chi connectivity index (χ2v) is 6.34. The van der Waals surface area contributed by atoms with Gasteiger partial charge in [0, 0.05) is 0 Å². The highest BCUT2D eigenvalue weighted by Crippen LogP contribution is 2.21. The van der Waals surface area contributed by atoms with E-state index in [-0.39, 0.29) is 12.5 Å². The van der Waals surface area contributed by atoms with Crippen LogP contribution in [0, 0.1) is 0 Å². The summed E-state index contributed by atoms with van der Waals surface area (Å²) in [5.41, 5.74) is 0. The normalized spacial score (nSPS) is 11.8. The Hall–Kier alpha value is -2.87. The largest absolute Gasteiger partial charge is 0.497 e. The minimum Gasteiger partial charge on any atom is -0.497 e. The van der Waals surface area contributed by atoms with Gasteiger partial charge >= 0.3 is 0 Å². The van der Waals surface area contributed by atoms with Crippen molar-refractivity contribution in [1.29, 1.82) is 0 Å². The zero-order valence-corrected chi connectivity index (χ0v) is 15.3. The number of rotatable bonds is 8. The van der Waals surface area contributed by atoms with E-state index >= 15 is 0 Å². The number of carbonyl (C=O) groups is 1. The van der Waals surface area contributed by atoms with Crippen LogP contribution in [0.1, 0.15) is 19.2 Å². The summed E-state index contributed by atoms with van der Waals surface area (Å²) in [4.78, 5) is 17.6. The van der Waals surface area contributed by atoms with E-state index in [4.69, 9.17) is 14.0 Å². The maximum atomic E-state index is 12.4. The molecule has 0 aliphatic heterocycles. The number of nitrogens with zero attached hydrogens (tertiary/aromatic N) is 2. The molecule has 26 heavy (non-hydrogen) atoms. The van der Waals surface area contributed by atoms with Crippen molar-refractivity contribution >= 4 is 17.2 Å². The summed E-state index contributed by atoms with van der Waals surface area (Å²) in [6, 6.07) is 10.9. The molecule has 0 aliphatic rings. The molecule has 7 nitrogen and oxygen atoms in total. The summed E-state index contributed by atoms with van der Waals surface area (Å²) in [5, 5.41) is 8.63. The third kappa shape index (κ3) is 4.40. The van der Waals surface area contributed by atoms with E-state index < -0.39 is 6.10 Å². The minimum atomic E-state index is -0.608. The molecule has 3 rings (SSSR count). The fourth-order valence-electron chi connectivity index (χ4n) is 2.25. The van der Waals surface area contributed by atoms with Gasteiger partial charge in [-0.2, -0.15) is 4.98 Å². The van der Waals surface area contributed by atoms with Crippen molar-refractivity contribution in [1.82, 2.24) is 15.5 Å². The first-order valence-corrected chi connectivity index (χ1v) is 9.02. The Kier molecular flexibility index (Phi) is 5.85. The molecule has 2 heterocycles. The molecule has 0 aliphatic carbocycles. The van der Waals surface area contributed by atoms with Crippen molar-refractivity contribution in [3.63, 3.8) is 0 Å². The Morgan fingerprint density at radius 2 is 2.04 bits per heavy atom. The predicted molar refractivity (Wildman–Crippen MR) is 97.2 cm³/mol. The number of methoxy groups -OCH3 is 1. The van der Waals surface area contributed by atoms with Gasteiger partial charge in [-0.25, -0.2) is 0 Å². The van der Waals surface area contributed by atoms with Gasteiger partial charge in [0.05, 0.1) is 18.5 Å². The van der Waals surface area contributed by atoms with E-state index in [0.717, 1.165) is 10.6 Å². The summed E-state index contributed by atoms with van der Waals surface area (Å²) < 4.78 is 16.0. The minimum absolute atomic E-state index is 0.152. The molecule has 8 heteroatoms. The second kappa shape index (κ2) is 8.48. The van der Waals surface area contributed by atoms with Crippen molar-refractivity contribution < 1.29 is 18.8 Å². The highest BCUT2D eigenvalue weighted by molar-refractivity contribution is 7.13. The Bertz CT molecular complexity index is 831. The number of nitrogens with one attached hydrogen (secondary N) is 1. The van der Waals surface area contributed by atoms with Crippen LogP contribution in [0.4, 0.5) is 0 Å². The highest BCUT2D eigenvalue weighted by atomic mass is 32.1. The summed E-state index contributed by atoms with van der Waals surface area (Å²) in [7, 11) is 1.60. The van der Waals surface area contributed by atoms with Crippen molar-refractivity contribution in [2.75, 3.05) is 7.11 Å². The predicted octanol–water partition coefficient (Wildman–Crippen LogP) is 3.28. The van der Waals surface area contributed by atoms with Gasteiger partial charge in [-0.1, -0.05) is 18.1 Å². The van der Waals surface area contributed by atoms with Crippen LogP contribution >= 0.6 is 11.3 Å². The molecule has 136 valence electrons. The van der Waals surface area contributed by atoms with E-state index in [9.17, 15) is 4.79 Å². The third-order valence-corrected chi connectivity index (χ3v) is 4.49. The number of hydrogen-bond acceptors (Lipinski definition) is 7. The molecule has 1 N–H and O–H groups in total. The molecule has 0 radical (unpaired) electrons. The molecule has 0 spiro atoms. The van der Waals surface area contributed by atoms with Gasteiger partial charge in [0.15, 0.2) is 6.10 Å². The summed E-state index contributed by atoms with van der Waals surface area (Å²) >= 11 is 1.52. The number of amides is 1. The Balaban J connectivity index is 1.55. The third-order valence-electron chi connectivity index (χ3n) is 3.62. The van der Waals surface area contributed by atoms with E-state index in [1.807, 2.05) is 24.4 Å². The molecule has 1 atom stereocenters. The molecular weight excluding hydrogens is 354 g/mol. The summed E-state index contributed by atoms with van der Waals surface area (Å²) in [6.07, 6.45) is -0.0784. The fraction of sp³-hybridized carbons (Fsp3) is 0.278. The van der Waals surface area contributed by atoms with Crippen LogP contribution in [0.3, 0.4) is 0 Å². The monoisotopic (exact) mass is 373 g/mol. The van der Waals surface area contributed by atoms with Crippen LogP contribution in [0.2, 0.25) is 0 Å². The highest BCUT2D eigenvalue weighted by Gasteiger charge is 2.19. The molecular formula is C18H19N3O4S. The van der Waals surface area contributed by atoms with Gasteiger partial charge in [0.25, 0.3) is 5.91 Å². The quantitative estimate of drug-likeness (QED) is 0.652. The molecule has 1 amide bonds. The Morgan fingerprint density at radius 3 is 2.69 bits per heavy atom. The van der Waals surface area contributed by atoms with Gasteiger partial charge in [-0.15, -0.1) is 11.3 Å². The van der Waals surface area contributed by atoms with Crippen LogP contribution < -0.4 is 14.8 Å². The molecule has 3 aromatic rings. The van der Waals surface area contributed by atoms with Crippen LogP contribution in [0.5, 0.6) is 11.5 Å². The molecule has 0 saturated heterocycles. The standard InChI is InChI=1S/C18H19N3O4S/c1-3-14(24-13-8-6-12(23-2)7-9-13)18(22)19-11-16-20-17(21-25-16)15-5-4-10-26-15/h4-10,14H,3,11H2,1-2H3,(H,19,22)/t14-/m0/s1.